The molecule has 0 spiro atoms. The Morgan fingerprint density at radius 1 is 1.07 bits per heavy atom. The number of carbonyl (C=O) groups excluding carboxylic acids is 3. The Balaban J connectivity index is 2.02. The summed E-state index contributed by atoms with van der Waals surface area (Å²) in [4.78, 5) is 35.8. The average molecular weight is 421 g/mol. The molecule has 0 saturated carbocycles. The summed E-state index contributed by atoms with van der Waals surface area (Å²) < 4.78 is 15.3. The molecular formula is C20H21ClN2O6. The van der Waals surface area contributed by atoms with Crippen molar-refractivity contribution in [1.82, 2.24) is 5.32 Å². The number of urea groups is 1. The van der Waals surface area contributed by atoms with Gasteiger partial charge in [-0.15, -0.1) is 0 Å². The summed E-state index contributed by atoms with van der Waals surface area (Å²) in [5.41, 5.74) is 5.99. The summed E-state index contributed by atoms with van der Waals surface area (Å²) in [6.07, 6.45) is -0.244. The molecule has 0 radical (unpaired) electrons. The van der Waals surface area contributed by atoms with Crippen LogP contribution in [0.15, 0.2) is 42.5 Å². The maximum Gasteiger partial charge on any atom is 0.312 e. The molecule has 2 aromatic carbocycles. The predicted molar refractivity (Wildman–Crippen MR) is 106 cm³/mol. The lowest BCUT2D eigenvalue weighted by molar-refractivity contribution is -0.143. The van der Waals surface area contributed by atoms with Crippen LogP contribution in [0.4, 0.5) is 4.79 Å². The van der Waals surface area contributed by atoms with Crippen LogP contribution in [-0.4, -0.2) is 38.6 Å². The number of carbonyl (C=O) groups is 3. The lowest BCUT2D eigenvalue weighted by atomic mass is 10.0. The number of hydrogen-bond acceptors (Lipinski definition) is 6. The second kappa shape index (κ2) is 10.3. The largest absolute Gasteiger partial charge is 0.493 e. The fourth-order valence-corrected chi connectivity index (χ4v) is 2.90. The van der Waals surface area contributed by atoms with Gasteiger partial charge in [0, 0.05) is 10.6 Å². The molecule has 0 aromatic heterocycles. The van der Waals surface area contributed by atoms with Crippen LogP contribution in [0, 0.1) is 0 Å². The molecule has 0 bridgehead atoms. The molecule has 0 aliphatic rings. The summed E-state index contributed by atoms with van der Waals surface area (Å²) in [5, 5.41) is 2.81. The van der Waals surface area contributed by atoms with Crippen LogP contribution in [-0.2, 0) is 9.53 Å². The van der Waals surface area contributed by atoms with Crippen molar-refractivity contribution in [3.05, 3.63) is 58.6 Å². The number of methoxy groups -OCH3 is 2. The number of nitrogens with two attached hydrogens (primary N) is 1. The number of benzene rings is 2. The highest BCUT2D eigenvalue weighted by atomic mass is 35.5. The van der Waals surface area contributed by atoms with Crippen LogP contribution in [0.2, 0.25) is 5.02 Å². The van der Waals surface area contributed by atoms with Crippen molar-refractivity contribution in [1.29, 1.82) is 0 Å². The number of ketones is 1. The van der Waals surface area contributed by atoms with E-state index in [-0.39, 0.29) is 6.42 Å². The van der Waals surface area contributed by atoms with Gasteiger partial charge in [-0.25, -0.2) is 4.79 Å². The number of rotatable bonds is 9. The zero-order valence-electron chi connectivity index (χ0n) is 15.9. The van der Waals surface area contributed by atoms with Crippen LogP contribution in [0.25, 0.3) is 0 Å². The minimum absolute atomic E-state index is 0.244. The molecule has 8 nitrogen and oxygen atoms in total. The second-order valence-electron chi connectivity index (χ2n) is 5.94. The van der Waals surface area contributed by atoms with Gasteiger partial charge < -0.3 is 25.3 Å². The lowest BCUT2D eigenvalue weighted by Gasteiger charge is -2.18. The molecule has 0 fully saturated rings. The number of ether oxygens (including phenoxy) is 3. The van der Waals surface area contributed by atoms with E-state index in [4.69, 9.17) is 31.5 Å². The summed E-state index contributed by atoms with van der Waals surface area (Å²) >= 11 is 6.13. The van der Waals surface area contributed by atoms with Crippen LogP contribution in [0.3, 0.4) is 0 Å². The summed E-state index contributed by atoms with van der Waals surface area (Å²) in [6, 6.07) is 9.72. The molecule has 0 saturated heterocycles. The predicted octanol–water partition coefficient (Wildman–Crippen LogP) is 2.88. The number of halogens is 1. The van der Waals surface area contributed by atoms with E-state index < -0.39 is 30.4 Å². The Morgan fingerprint density at radius 3 is 2.38 bits per heavy atom. The minimum atomic E-state index is -0.816. The van der Waals surface area contributed by atoms with E-state index in [9.17, 15) is 14.4 Å². The number of hydrogen-bond donors (Lipinski definition) is 2. The summed E-state index contributed by atoms with van der Waals surface area (Å²) in [7, 11) is 2.93. The molecule has 2 rings (SSSR count). The smallest absolute Gasteiger partial charge is 0.312 e. The average Bonchev–Trinajstić information content (AvgIpc) is 2.71. The van der Waals surface area contributed by atoms with Crippen LogP contribution < -0.4 is 20.5 Å². The van der Waals surface area contributed by atoms with Gasteiger partial charge in [-0.1, -0.05) is 29.8 Å². The maximum absolute atomic E-state index is 12.3. The van der Waals surface area contributed by atoms with E-state index in [0.29, 0.717) is 27.6 Å². The van der Waals surface area contributed by atoms with Gasteiger partial charge in [0.05, 0.1) is 26.7 Å². The van der Waals surface area contributed by atoms with E-state index in [1.165, 1.54) is 20.3 Å². The standard InChI is InChI=1S/C20H21ClN2O6/c1-27-17-8-7-12(9-18(17)28-2)16(24)11-29-19(25)10-15(23-20(22)26)13-5-3-4-6-14(13)21/h3-9,15H,10-11H2,1-2H3,(H3,22,23,26)/t15-/m1/s1. The first-order valence-electron chi connectivity index (χ1n) is 8.57. The van der Waals surface area contributed by atoms with Gasteiger partial charge in [-0.3, -0.25) is 9.59 Å². The van der Waals surface area contributed by atoms with E-state index >= 15 is 0 Å². The normalized spacial score (nSPS) is 11.3. The van der Waals surface area contributed by atoms with Crippen molar-refractivity contribution in [3.8, 4) is 11.5 Å². The third-order valence-corrected chi connectivity index (χ3v) is 4.38. The third kappa shape index (κ3) is 6.11. The van der Waals surface area contributed by atoms with Gasteiger partial charge in [-0.2, -0.15) is 0 Å². The van der Waals surface area contributed by atoms with Gasteiger partial charge in [-0.05, 0) is 29.8 Å². The van der Waals surface area contributed by atoms with Crippen LogP contribution in [0.1, 0.15) is 28.4 Å². The Kier molecular flexibility index (Phi) is 7.85. The first-order chi connectivity index (χ1) is 13.8. The molecule has 9 heteroatoms. The maximum atomic E-state index is 12.3. The van der Waals surface area contributed by atoms with Gasteiger partial charge in [0.1, 0.15) is 0 Å². The molecule has 29 heavy (non-hydrogen) atoms. The Labute approximate surface area is 172 Å². The van der Waals surface area contributed by atoms with E-state index in [1.807, 2.05) is 0 Å². The number of nitrogens with one attached hydrogen (secondary N) is 1. The molecule has 0 heterocycles. The molecule has 0 aliphatic carbocycles. The molecule has 2 amide bonds. The lowest BCUT2D eigenvalue weighted by Crippen LogP contribution is -2.35. The van der Waals surface area contributed by atoms with Crippen molar-refractivity contribution in [2.24, 2.45) is 5.73 Å². The zero-order chi connectivity index (χ0) is 21.4. The quantitative estimate of drug-likeness (QED) is 0.476. The first kappa shape index (κ1) is 22.0. The van der Waals surface area contributed by atoms with Gasteiger partial charge in [0.15, 0.2) is 23.9 Å². The molecule has 3 N–H and O–H groups in total. The Morgan fingerprint density at radius 2 is 1.76 bits per heavy atom. The monoisotopic (exact) mass is 420 g/mol. The highest BCUT2D eigenvalue weighted by Crippen LogP contribution is 2.28. The number of amides is 2. The Bertz CT molecular complexity index is 902. The van der Waals surface area contributed by atoms with Crippen LogP contribution in [0.5, 0.6) is 11.5 Å². The highest BCUT2D eigenvalue weighted by molar-refractivity contribution is 6.31. The topological polar surface area (TPSA) is 117 Å². The summed E-state index contributed by atoms with van der Waals surface area (Å²) in [6.45, 7) is -0.472. The molecule has 1 atom stereocenters. The molecule has 2 aromatic rings. The van der Waals surface area contributed by atoms with Crippen molar-refractivity contribution < 1.29 is 28.6 Å². The van der Waals surface area contributed by atoms with Gasteiger partial charge >= 0.3 is 12.0 Å². The van der Waals surface area contributed by atoms with E-state index in [2.05, 4.69) is 5.32 Å². The molecule has 154 valence electrons. The molecule has 0 aliphatic heterocycles. The van der Waals surface area contributed by atoms with Crippen LogP contribution >= 0.6 is 11.6 Å². The fraction of sp³-hybridized carbons (Fsp3) is 0.250. The third-order valence-electron chi connectivity index (χ3n) is 4.04. The van der Waals surface area contributed by atoms with E-state index in [0.717, 1.165) is 0 Å². The number of esters is 1. The van der Waals surface area contributed by atoms with Gasteiger partial charge in [0.2, 0.25) is 0 Å². The highest BCUT2D eigenvalue weighted by Gasteiger charge is 2.21. The molecule has 0 unspecified atom stereocenters. The number of primary amides is 1. The van der Waals surface area contributed by atoms with Crippen molar-refractivity contribution in [2.45, 2.75) is 12.5 Å². The molecular weight excluding hydrogens is 400 g/mol. The zero-order valence-corrected chi connectivity index (χ0v) is 16.7. The van der Waals surface area contributed by atoms with Crippen molar-refractivity contribution in [2.75, 3.05) is 20.8 Å². The SMILES string of the molecule is COc1ccc(C(=O)COC(=O)C[C@@H](NC(N)=O)c2ccccc2Cl)cc1OC. The van der Waals surface area contributed by atoms with Gasteiger partial charge in [0.25, 0.3) is 0 Å². The first-order valence-corrected chi connectivity index (χ1v) is 8.94. The van der Waals surface area contributed by atoms with E-state index in [1.54, 1.807) is 36.4 Å². The van der Waals surface area contributed by atoms with Crippen molar-refractivity contribution in [3.63, 3.8) is 0 Å². The summed E-state index contributed by atoms with van der Waals surface area (Å²) in [5.74, 6) is -0.260. The minimum Gasteiger partial charge on any atom is -0.493 e. The van der Waals surface area contributed by atoms with Crippen molar-refractivity contribution >= 4 is 29.4 Å². The second-order valence-corrected chi connectivity index (χ2v) is 6.35. The number of Topliss-reactive ketones (excluding diaryl/α,β-unsaturated/α-hetero) is 1. The fourth-order valence-electron chi connectivity index (χ4n) is 2.63. The Hall–Kier alpha value is -3.26.